The molecule has 4 aliphatic rings. The third-order valence-electron chi connectivity index (χ3n) is 12.5. The van der Waals surface area contributed by atoms with Crippen LogP contribution < -0.4 is 20.8 Å². The maximum Gasteiger partial charge on any atom is 0.118 e. The van der Waals surface area contributed by atoms with E-state index < -0.39 is 0 Å². The molecule has 2 atom stereocenters. The molecular formula is C50H60N4O2. The second kappa shape index (κ2) is 16.7. The lowest BCUT2D eigenvalue weighted by molar-refractivity contribution is 0.281. The summed E-state index contributed by atoms with van der Waals surface area (Å²) in [7, 11) is 1.73. The largest absolute Gasteiger partial charge is 0.497 e. The first-order valence-corrected chi connectivity index (χ1v) is 21.2. The topological polar surface area (TPSA) is 82.0 Å². The number of fused-ring (bicyclic) bond motifs is 6. The summed E-state index contributed by atoms with van der Waals surface area (Å²) in [6.45, 7) is 18.2. The van der Waals surface area contributed by atoms with Gasteiger partial charge in [-0.2, -0.15) is 0 Å². The summed E-state index contributed by atoms with van der Waals surface area (Å²) in [6, 6.07) is 16.9. The number of rotatable bonds is 12. The first-order valence-electron chi connectivity index (χ1n) is 21.2. The highest BCUT2D eigenvalue weighted by molar-refractivity contribution is 6.33. The number of allylic oxidation sites excluding steroid dienone is 5. The van der Waals surface area contributed by atoms with Crippen LogP contribution in [0.15, 0.2) is 110 Å². The minimum absolute atomic E-state index is 0.0471. The molecule has 8 bridgehead atoms. The van der Waals surface area contributed by atoms with Gasteiger partial charge < -0.3 is 20.1 Å². The first-order chi connectivity index (χ1) is 27.3. The molecule has 0 spiro atoms. The number of hydrogen-bond donors (Lipinski definition) is 3. The van der Waals surface area contributed by atoms with Crippen LogP contribution in [0.4, 0.5) is 0 Å². The van der Waals surface area contributed by atoms with Crippen LogP contribution in [-0.2, 0) is 19.4 Å². The number of benzene rings is 2. The minimum atomic E-state index is -0.0471. The molecule has 0 radical (unpaired) electrons. The Morgan fingerprint density at radius 1 is 0.714 bits per heavy atom. The van der Waals surface area contributed by atoms with Gasteiger partial charge in [0.2, 0.25) is 0 Å². The van der Waals surface area contributed by atoms with Crippen molar-refractivity contribution >= 4 is 28.6 Å². The minimum Gasteiger partial charge on any atom is -0.497 e. The van der Waals surface area contributed by atoms with Crippen molar-refractivity contribution in [3.8, 4) is 5.75 Å². The van der Waals surface area contributed by atoms with Crippen molar-refractivity contribution in [3.63, 3.8) is 0 Å². The van der Waals surface area contributed by atoms with Gasteiger partial charge in [-0.25, -0.2) is 9.98 Å². The maximum atomic E-state index is 10.8. The van der Waals surface area contributed by atoms with E-state index in [1.165, 1.54) is 50.3 Å². The average Bonchev–Trinajstić information content (AvgIpc) is 3.97. The highest BCUT2D eigenvalue weighted by Crippen LogP contribution is 2.45. The van der Waals surface area contributed by atoms with E-state index in [0.29, 0.717) is 5.92 Å². The van der Waals surface area contributed by atoms with E-state index in [1.54, 1.807) is 7.11 Å². The third-order valence-corrected chi connectivity index (χ3v) is 12.5. The zero-order valence-electron chi connectivity index (χ0n) is 35.0. The van der Waals surface area contributed by atoms with E-state index in [0.717, 1.165) is 113 Å². The summed E-state index contributed by atoms with van der Waals surface area (Å²) in [4.78, 5) is 15.4. The summed E-state index contributed by atoms with van der Waals surface area (Å²) in [5.41, 5.74) is 20.0. The van der Waals surface area contributed by atoms with Gasteiger partial charge in [-0.15, -0.1) is 0 Å². The van der Waals surface area contributed by atoms with Gasteiger partial charge in [0.15, 0.2) is 0 Å². The van der Waals surface area contributed by atoms with Gasteiger partial charge >= 0.3 is 0 Å². The highest BCUT2D eigenvalue weighted by atomic mass is 16.5. The Kier molecular flexibility index (Phi) is 11.7. The summed E-state index contributed by atoms with van der Waals surface area (Å²) < 4.78 is 5.63. The predicted octanol–water partition coefficient (Wildman–Crippen LogP) is 9.73. The molecule has 6 nitrogen and oxygen atoms in total. The molecule has 4 aliphatic heterocycles. The third kappa shape index (κ3) is 6.50. The smallest absolute Gasteiger partial charge is 0.118 e. The Labute approximate surface area is 334 Å². The van der Waals surface area contributed by atoms with Crippen LogP contribution in [-0.4, -0.2) is 34.7 Å². The first kappa shape index (κ1) is 39.3. The Balaban J connectivity index is 1.70. The second-order valence-corrected chi connectivity index (χ2v) is 15.1. The molecule has 0 amide bonds. The fourth-order valence-corrected chi connectivity index (χ4v) is 9.90. The van der Waals surface area contributed by atoms with Gasteiger partial charge in [-0.1, -0.05) is 91.8 Å². The van der Waals surface area contributed by atoms with Crippen molar-refractivity contribution < 1.29 is 9.84 Å². The summed E-state index contributed by atoms with van der Waals surface area (Å²) in [5, 5.41) is 17.1. The monoisotopic (exact) mass is 748 g/mol. The van der Waals surface area contributed by atoms with E-state index >= 15 is 0 Å². The Morgan fingerprint density at radius 2 is 1.41 bits per heavy atom. The number of H-pyrrole nitrogens is 1. The van der Waals surface area contributed by atoms with Gasteiger partial charge in [0.25, 0.3) is 0 Å². The molecule has 0 saturated heterocycles. The van der Waals surface area contributed by atoms with Crippen molar-refractivity contribution in [2.24, 2.45) is 15.9 Å². The number of aliphatic hydroxyl groups is 1. The molecule has 292 valence electrons. The second-order valence-electron chi connectivity index (χ2n) is 15.1. The lowest BCUT2D eigenvalue weighted by Gasteiger charge is -2.19. The predicted molar refractivity (Wildman–Crippen MR) is 234 cm³/mol. The fourth-order valence-electron chi connectivity index (χ4n) is 9.90. The average molecular weight is 749 g/mol. The molecular weight excluding hydrogens is 689 g/mol. The summed E-state index contributed by atoms with van der Waals surface area (Å²) >= 11 is 0. The van der Waals surface area contributed by atoms with Crippen LogP contribution in [0.2, 0.25) is 0 Å². The van der Waals surface area contributed by atoms with Crippen molar-refractivity contribution in [2.45, 2.75) is 119 Å². The van der Waals surface area contributed by atoms with Gasteiger partial charge in [-0.05, 0) is 131 Å². The normalized spacial score (nSPS) is 23.2. The van der Waals surface area contributed by atoms with Crippen LogP contribution in [0, 0.1) is 5.92 Å². The molecule has 3 aromatic rings. The lowest BCUT2D eigenvalue weighted by Crippen LogP contribution is -2.27. The Bertz CT molecular complexity index is 2390. The van der Waals surface area contributed by atoms with E-state index in [1.807, 2.05) is 12.1 Å². The number of hydrogen-bond acceptors (Lipinski definition) is 5. The van der Waals surface area contributed by atoms with E-state index in [9.17, 15) is 5.11 Å². The van der Waals surface area contributed by atoms with Crippen molar-refractivity contribution in [3.05, 3.63) is 138 Å². The molecule has 7 rings (SSSR count). The number of methoxy groups -OCH3 is 1. The van der Waals surface area contributed by atoms with Crippen LogP contribution in [0.25, 0.3) is 17.2 Å². The number of aliphatic hydroxyl groups excluding tert-OH is 1. The zero-order valence-corrected chi connectivity index (χ0v) is 35.0. The molecule has 2 unspecified atom stereocenters. The SMILES string of the molecule is CCC1=C(CC)/C2=C/C3NC(=C(CC)C3CC)/C(c3ccc(OC)cc3)=C3N=C(/C=c4\[nH]/c(c(CC)c4CC)=C(/c4ccccc4CO)C1=N2)C(CC)=C\3CC. The van der Waals surface area contributed by atoms with Crippen molar-refractivity contribution in [1.82, 2.24) is 10.3 Å². The molecule has 5 heterocycles. The number of ether oxygens (including phenoxy) is 1. The van der Waals surface area contributed by atoms with Gasteiger partial charge in [0.1, 0.15) is 5.75 Å². The summed E-state index contributed by atoms with van der Waals surface area (Å²) in [6.07, 6.45) is 11.9. The van der Waals surface area contributed by atoms with Crippen LogP contribution in [0.1, 0.15) is 122 Å². The lowest BCUT2D eigenvalue weighted by atomic mass is 9.86. The van der Waals surface area contributed by atoms with Crippen molar-refractivity contribution in [2.75, 3.05) is 7.11 Å². The van der Waals surface area contributed by atoms with Gasteiger partial charge in [-0.3, -0.25) is 0 Å². The Morgan fingerprint density at radius 3 is 2.02 bits per heavy atom. The molecule has 6 heteroatoms. The molecule has 0 saturated carbocycles. The van der Waals surface area contributed by atoms with Gasteiger partial charge in [0, 0.05) is 28.1 Å². The molecule has 0 fully saturated rings. The molecule has 2 aromatic carbocycles. The standard InChI is InChI=1S/C50H60N4O2/c1-10-32-36(14-5)47-45(29-22-24-31(56-9)25-23-29)48-37(15-6)33(11-2)42(52-48)27-44-35(13-4)39(17-8)50(54-44)46(40-21-19-18-20-30(40)28-55)49-38(16-7)34(12-3)43(53-49)26-41(32)51-47/h18-27,32,41,51,54-55H,10-17,28H2,1-9H3/b43-26-,44-27-,48-45-,50-46-. The van der Waals surface area contributed by atoms with Gasteiger partial charge in [0.05, 0.1) is 47.9 Å². The van der Waals surface area contributed by atoms with Crippen LogP contribution in [0.5, 0.6) is 5.75 Å². The number of nitrogens with one attached hydrogen (secondary N) is 2. The van der Waals surface area contributed by atoms with E-state index in [2.05, 4.69) is 114 Å². The maximum absolute atomic E-state index is 10.8. The zero-order chi connectivity index (χ0) is 39.7. The molecule has 0 aliphatic carbocycles. The van der Waals surface area contributed by atoms with Crippen LogP contribution in [0.3, 0.4) is 0 Å². The number of aromatic amines is 1. The molecule has 56 heavy (non-hydrogen) atoms. The van der Waals surface area contributed by atoms with E-state index in [-0.39, 0.29) is 12.6 Å². The summed E-state index contributed by atoms with van der Waals surface area (Å²) in [5.74, 6) is 1.14. The molecule has 1 aromatic heterocycles. The fraction of sp³-hybridized carbons (Fsp3) is 0.400. The highest BCUT2D eigenvalue weighted by Gasteiger charge is 2.37. The van der Waals surface area contributed by atoms with E-state index in [4.69, 9.17) is 14.7 Å². The number of aromatic nitrogens is 1. The number of aliphatic imine (C=N–C) groups is 2. The quantitative estimate of drug-likeness (QED) is 0.173. The number of nitrogens with zero attached hydrogens (tertiary/aromatic N) is 2. The van der Waals surface area contributed by atoms with Crippen LogP contribution >= 0.6 is 0 Å². The van der Waals surface area contributed by atoms with Crippen molar-refractivity contribution in [1.29, 1.82) is 0 Å². The molecule has 3 N–H and O–H groups in total. The Hall–Kier alpha value is -4.94.